The van der Waals surface area contributed by atoms with E-state index in [9.17, 15) is 5.11 Å². The molecule has 0 bridgehead atoms. The van der Waals surface area contributed by atoms with Gasteiger partial charge in [-0.15, -0.1) is 0 Å². The van der Waals surface area contributed by atoms with Crippen molar-refractivity contribution in [1.82, 2.24) is 0 Å². The van der Waals surface area contributed by atoms with Crippen molar-refractivity contribution in [2.24, 2.45) is 0 Å². The predicted octanol–water partition coefficient (Wildman–Crippen LogP) is 2.84. The van der Waals surface area contributed by atoms with Crippen LogP contribution in [0.2, 0.25) is 0 Å². The highest BCUT2D eigenvalue weighted by Gasteiger charge is 2.08. The monoisotopic (exact) mass is 253 g/mol. The van der Waals surface area contributed by atoms with Gasteiger partial charge in [-0.3, -0.25) is 0 Å². The molecule has 0 radical (unpaired) electrons. The summed E-state index contributed by atoms with van der Waals surface area (Å²) >= 11 is 0. The van der Waals surface area contributed by atoms with Gasteiger partial charge in [-0.25, -0.2) is 0 Å². The quantitative estimate of drug-likeness (QED) is 0.911. The van der Waals surface area contributed by atoms with Gasteiger partial charge in [0, 0.05) is 6.42 Å². The third-order valence-corrected chi connectivity index (χ3v) is 3.01. The number of nitriles is 1. The standard InChI is InChI=1S/C16H15NO2/c1-19-15-8-6-14(7-9-15)16(18)10-12-2-4-13(11-17)5-3-12/h2-9,16,18H,10H2,1H3. The Morgan fingerprint density at radius 1 is 1.11 bits per heavy atom. The van der Waals surface area contributed by atoms with Crippen molar-refractivity contribution in [2.75, 3.05) is 7.11 Å². The molecule has 2 aromatic carbocycles. The average Bonchev–Trinajstić information content (AvgIpc) is 2.48. The average molecular weight is 253 g/mol. The minimum absolute atomic E-state index is 0.526. The van der Waals surface area contributed by atoms with Crippen LogP contribution in [0.25, 0.3) is 0 Å². The molecule has 0 fully saturated rings. The molecule has 1 unspecified atom stereocenters. The molecule has 3 heteroatoms. The number of aliphatic hydroxyl groups is 1. The summed E-state index contributed by atoms with van der Waals surface area (Å²) in [7, 11) is 1.61. The third kappa shape index (κ3) is 3.34. The molecule has 19 heavy (non-hydrogen) atoms. The summed E-state index contributed by atoms with van der Waals surface area (Å²) in [6.07, 6.45) is -0.0308. The minimum Gasteiger partial charge on any atom is -0.497 e. The molecule has 0 saturated carbocycles. The van der Waals surface area contributed by atoms with Crippen LogP contribution in [0.1, 0.15) is 22.8 Å². The summed E-state index contributed by atoms with van der Waals surface area (Å²) in [4.78, 5) is 0. The van der Waals surface area contributed by atoms with Gasteiger partial charge in [-0.05, 0) is 35.4 Å². The van der Waals surface area contributed by atoms with Crippen LogP contribution >= 0.6 is 0 Å². The summed E-state index contributed by atoms with van der Waals surface area (Å²) in [5.41, 5.74) is 2.48. The molecule has 2 aromatic rings. The predicted molar refractivity (Wildman–Crippen MR) is 72.8 cm³/mol. The highest BCUT2D eigenvalue weighted by Crippen LogP contribution is 2.21. The lowest BCUT2D eigenvalue weighted by molar-refractivity contribution is 0.178. The van der Waals surface area contributed by atoms with Gasteiger partial charge < -0.3 is 9.84 Å². The van der Waals surface area contributed by atoms with Crippen molar-refractivity contribution in [3.63, 3.8) is 0 Å². The first-order chi connectivity index (χ1) is 9.22. The first-order valence-electron chi connectivity index (χ1n) is 6.04. The Bertz CT molecular complexity index is 567. The van der Waals surface area contributed by atoms with Crippen LogP contribution in [-0.4, -0.2) is 12.2 Å². The van der Waals surface area contributed by atoms with Crippen LogP contribution < -0.4 is 4.74 Å². The molecule has 0 aliphatic rings. The summed E-state index contributed by atoms with van der Waals surface area (Å²) in [5, 5.41) is 18.9. The maximum Gasteiger partial charge on any atom is 0.118 e. The van der Waals surface area contributed by atoms with E-state index in [1.165, 1.54) is 0 Å². The molecule has 0 amide bonds. The maximum absolute atomic E-state index is 10.2. The lowest BCUT2D eigenvalue weighted by Crippen LogP contribution is -2.01. The summed E-state index contributed by atoms with van der Waals surface area (Å²) in [6, 6.07) is 16.7. The Hall–Kier alpha value is -2.31. The fourth-order valence-corrected chi connectivity index (χ4v) is 1.88. The van der Waals surface area contributed by atoms with E-state index in [0.29, 0.717) is 12.0 Å². The number of aliphatic hydroxyl groups excluding tert-OH is 1. The molecule has 0 aromatic heterocycles. The zero-order valence-electron chi connectivity index (χ0n) is 10.7. The van der Waals surface area contributed by atoms with Gasteiger partial charge >= 0.3 is 0 Å². The van der Waals surface area contributed by atoms with Crippen LogP contribution in [0, 0.1) is 11.3 Å². The van der Waals surface area contributed by atoms with E-state index in [1.54, 1.807) is 19.2 Å². The number of rotatable bonds is 4. The second-order valence-corrected chi connectivity index (χ2v) is 4.30. The molecule has 0 aliphatic heterocycles. The Balaban J connectivity index is 2.06. The molecule has 2 rings (SSSR count). The second-order valence-electron chi connectivity index (χ2n) is 4.30. The van der Waals surface area contributed by atoms with Gasteiger partial charge in [0.2, 0.25) is 0 Å². The second kappa shape index (κ2) is 6.03. The molecule has 0 heterocycles. The number of hydrogen-bond donors (Lipinski definition) is 1. The lowest BCUT2D eigenvalue weighted by atomic mass is 10.0. The molecule has 96 valence electrons. The smallest absolute Gasteiger partial charge is 0.118 e. The Morgan fingerprint density at radius 2 is 1.74 bits per heavy atom. The van der Waals surface area contributed by atoms with Crippen molar-refractivity contribution >= 4 is 0 Å². The van der Waals surface area contributed by atoms with Gasteiger partial charge in [0.05, 0.1) is 24.8 Å². The normalized spacial score (nSPS) is 11.6. The number of nitrogens with zero attached hydrogens (tertiary/aromatic N) is 1. The topological polar surface area (TPSA) is 53.2 Å². The fraction of sp³-hybridized carbons (Fsp3) is 0.188. The van der Waals surface area contributed by atoms with Crippen molar-refractivity contribution < 1.29 is 9.84 Å². The van der Waals surface area contributed by atoms with Crippen molar-refractivity contribution in [3.8, 4) is 11.8 Å². The first-order valence-corrected chi connectivity index (χ1v) is 6.04. The van der Waals surface area contributed by atoms with Gasteiger partial charge in [-0.1, -0.05) is 24.3 Å². The van der Waals surface area contributed by atoms with Crippen molar-refractivity contribution in [3.05, 3.63) is 65.2 Å². The maximum atomic E-state index is 10.2. The molecule has 1 N–H and O–H groups in total. The van der Waals surface area contributed by atoms with Gasteiger partial charge in [0.15, 0.2) is 0 Å². The first kappa shape index (κ1) is 13.1. The van der Waals surface area contributed by atoms with E-state index in [-0.39, 0.29) is 0 Å². The molecular weight excluding hydrogens is 238 g/mol. The largest absolute Gasteiger partial charge is 0.497 e. The number of hydrogen-bond acceptors (Lipinski definition) is 3. The van der Waals surface area contributed by atoms with Gasteiger partial charge in [0.1, 0.15) is 5.75 Å². The third-order valence-electron chi connectivity index (χ3n) is 3.01. The highest BCUT2D eigenvalue weighted by atomic mass is 16.5. The van der Waals surface area contributed by atoms with Crippen LogP contribution in [0.4, 0.5) is 0 Å². The number of methoxy groups -OCH3 is 1. The van der Waals surface area contributed by atoms with E-state index < -0.39 is 6.10 Å². The Labute approximate surface area is 112 Å². The number of benzene rings is 2. The highest BCUT2D eigenvalue weighted by molar-refractivity contribution is 5.33. The van der Waals surface area contributed by atoms with E-state index in [0.717, 1.165) is 16.9 Å². The zero-order valence-corrected chi connectivity index (χ0v) is 10.7. The van der Waals surface area contributed by atoms with E-state index in [2.05, 4.69) is 6.07 Å². The molecule has 3 nitrogen and oxygen atoms in total. The lowest BCUT2D eigenvalue weighted by Gasteiger charge is -2.11. The van der Waals surface area contributed by atoms with E-state index in [1.807, 2.05) is 36.4 Å². The van der Waals surface area contributed by atoms with Crippen molar-refractivity contribution in [2.45, 2.75) is 12.5 Å². The molecular formula is C16H15NO2. The fourth-order valence-electron chi connectivity index (χ4n) is 1.88. The number of ether oxygens (including phenoxy) is 1. The molecule has 0 aliphatic carbocycles. The SMILES string of the molecule is COc1ccc(C(O)Cc2ccc(C#N)cc2)cc1. The molecule has 1 atom stereocenters. The van der Waals surface area contributed by atoms with Gasteiger partial charge in [-0.2, -0.15) is 5.26 Å². The zero-order chi connectivity index (χ0) is 13.7. The molecule has 0 saturated heterocycles. The summed E-state index contributed by atoms with van der Waals surface area (Å²) < 4.78 is 5.08. The van der Waals surface area contributed by atoms with Crippen LogP contribution in [-0.2, 0) is 6.42 Å². The summed E-state index contributed by atoms with van der Waals surface area (Å²) in [5.74, 6) is 0.773. The minimum atomic E-state index is -0.557. The molecule has 0 spiro atoms. The van der Waals surface area contributed by atoms with Crippen LogP contribution in [0.5, 0.6) is 5.75 Å². The Kier molecular flexibility index (Phi) is 4.17. The Morgan fingerprint density at radius 3 is 2.26 bits per heavy atom. The van der Waals surface area contributed by atoms with Crippen molar-refractivity contribution in [1.29, 1.82) is 5.26 Å². The van der Waals surface area contributed by atoms with Gasteiger partial charge in [0.25, 0.3) is 0 Å². The summed E-state index contributed by atoms with van der Waals surface area (Å²) in [6.45, 7) is 0. The van der Waals surface area contributed by atoms with Crippen LogP contribution in [0.3, 0.4) is 0 Å². The van der Waals surface area contributed by atoms with Crippen LogP contribution in [0.15, 0.2) is 48.5 Å². The van der Waals surface area contributed by atoms with E-state index in [4.69, 9.17) is 10.00 Å². The van der Waals surface area contributed by atoms with E-state index >= 15 is 0 Å².